The number of fused-ring (bicyclic) bond motifs is 1. The number of hydrogen-bond acceptors (Lipinski definition) is 5. The van der Waals surface area contributed by atoms with Crippen LogP contribution in [0.1, 0.15) is 22.3 Å². The predicted octanol–water partition coefficient (Wildman–Crippen LogP) is 2.86. The molecule has 0 aliphatic rings. The first-order valence-corrected chi connectivity index (χ1v) is 6.36. The number of aliphatic hydroxyl groups is 1. The highest BCUT2D eigenvalue weighted by Crippen LogP contribution is 2.36. The van der Waals surface area contributed by atoms with Gasteiger partial charge in [-0.25, -0.2) is 4.98 Å². The number of hydrogen-bond donors (Lipinski definition) is 2. The summed E-state index contributed by atoms with van der Waals surface area (Å²) in [5.74, 6) is 0.718. The van der Waals surface area contributed by atoms with Crippen molar-refractivity contribution in [2.75, 3.05) is 5.73 Å². The lowest BCUT2D eigenvalue weighted by atomic mass is 10.0. The van der Waals surface area contributed by atoms with Crippen molar-refractivity contribution in [3.05, 3.63) is 46.7 Å². The summed E-state index contributed by atoms with van der Waals surface area (Å²) in [6.07, 6.45) is 0.856. The lowest BCUT2D eigenvalue weighted by molar-refractivity contribution is 0.223. The number of benzene rings is 1. The van der Waals surface area contributed by atoms with E-state index in [9.17, 15) is 5.11 Å². The number of thiazole rings is 1. The van der Waals surface area contributed by atoms with Crippen molar-refractivity contribution in [1.82, 2.24) is 4.98 Å². The number of rotatable bonds is 2. The minimum atomic E-state index is -0.747. The Morgan fingerprint density at radius 3 is 2.89 bits per heavy atom. The van der Waals surface area contributed by atoms with Gasteiger partial charge in [0, 0.05) is 17.1 Å². The summed E-state index contributed by atoms with van der Waals surface area (Å²) >= 11 is 1.29. The fourth-order valence-electron chi connectivity index (χ4n) is 2.10. The Bertz CT molecular complexity index is 702. The summed E-state index contributed by atoms with van der Waals surface area (Å²) in [5, 5.41) is 11.8. The number of aliphatic hydroxyl groups excluding tert-OH is 1. The minimum absolute atomic E-state index is 0.453. The third-order valence-electron chi connectivity index (χ3n) is 2.90. The Hall–Kier alpha value is -1.85. The van der Waals surface area contributed by atoms with Crippen LogP contribution in [0.5, 0.6) is 0 Å². The van der Waals surface area contributed by atoms with Crippen LogP contribution in [0.15, 0.2) is 34.9 Å². The van der Waals surface area contributed by atoms with Crippen molar-refractivity contribution >= 4 is 27.4 Å². The molecular weight excluding hydrogens is 248 g/mol. The molecule has 3 rings (SSSR count). The van der Waals surface area contributed by atoms with Crippen molar-refractivity contribution in [2.45, 2.75) is 13.0 Å². The Balaban J connectivity index is 2.16. The molecule has 3 aromatic rings. The number of furan rings is 1. The van der Waals surface area contributed by atoms with Crippen molar-refractivity contribution in [3.63, 3.8) is 0 Å². The largest absolute Gasteiger partial charge is 0.461 e. The molecule has 5 heteroatoms. The van der Waals surface area contributed by atoms with Crippen molar-refractivity contribution in [3.8, 4) is 0 Å². The summed E-state index contributed by atoms with van der Waals surface area (Å²) in [5.41, 5.74) is 7.16. The van der Waals surface area contributed by atoms with E-state index in [-0.39, 0.29) is 0 Å². The van der Waals surface area contributed by atoms with E-state index in [1.807, 2.05) is 31.2 Å². The summed E-state index contributed by atoms with van der Waals surface area (Å²) in [6, 6.07) is 7.66. The predicted molar refractivity (Wildman–Crippen MR) is 71.5 cm³/mol. The topological polar surface area (TPSA) is 72.3 Å². The SMILES string of the molecule is Cc1oc2ccccc2c1C(O)c1cnc(N)s1. The Labute approximate surface area is 108 Å². The lowest BCUT2D eigenvalue weighted by Crippen LogP contribution is -1.97. The summed E-state index contributed by atoms with van der Waals surface area (Å²) in [6.45, 7) is 1.85. The molecule has 0 saturated heterocycles. The highest BCUT2D eigenvalue weighted by molar-refractivity contribution is 7.15. The molecule has 4 nitrogen and oxygen atoms in total. The highest BCUT2D eigenvalue weighted by atomic mass is 32.1. The van der Waals surface area contributed by atoms with Crippen molar-refractivity contribution in [1.29, 1.82) is 0 Å². The Morgan fingerprint density at radius 2 is 2.17 bits per heavy atom. The van der Waals surface area contributed by atoms with Gasteiger partial charge < -0.3 is 15.3 Å². The molecule has 3 N–H and O–H groups in total. The van der Waals surface area contributed by atoms with Crippen molar-refractivity contribution < 1.29 is 9.52 Å². The molecule has 0 amide bonds. The number of anilines is 1. The van der Waals surface area contributed by atoms with E-state index in [1.54, 1.807) is 6.20 Å². The van der Waals surface area contributed by atoms with Gasteiger partial charge in [-0.05, 0) is 13.0 Å². The maximum absolute atomic E-state index is 10.4. The molecule has 0 saturated carbocycles. The third-order valence-corrected chi connectivity index (χ3v) is 3.78. The summed E-state index contributed by atoms with van der Waals surface area (Å²) in [4.78, 5) is 4.69. The minimum Gasteiger partial charge on any atom is -0.461 e. The third kappa shape index (κ3) is 1.68. The van der Waals surface area contributed by atoms with E-state index >= 15 is 0 Å². The molecule has 0 bridgehead atoms. The van der Waals surface area contributed by atoms with Gasteiger partial charge in [-0.2, -0.15) is 0 Å². The van der Waals surface area contributed by atoms with Crippen LogP contribution in [-0.2, 0) is 0 Å². The van der Waals surface area contributed by atoms with E-state index in [0.29, 0.717) is 5.13 Å². The van der Waals surface area contributed by atoms with Gasteiger partial charge >= 0.3 is 0 Å². The van der Waals surface area contributed by atoms with Gasteiger partial charge in [-0.1, -0.05) is 29.5 Å². The highest BCUT2D eigenvalue weighted by Gasteiger charge is 2.21. The average Bonchev–Trinajstić information content (AvgIpc) is 2.91. The summed E-state index contributed by atoms with van der Waals surface area (Å²) < 4.78 is 5.64. The number of aromatic nitrogens is 1. The molecule has 2 aromatic heterocycles. The summed E-state index contributed by atoms with van der Waals surface area (Å²) in [7, 11) is 0. The monoisotopic (exact) mass is 260 g/mol. The molecule has 92 valence electrons. The second-order valence-electron chi connectivity index (χ2n) is 4.07. The molecule has 18 heavy (non-hydrogen) atoms. The second kappa shape index (κ2) is 4.12. The molecule has 0 radical (unpaired) electrons. The van der Waals surface area contributed by atoms with Gasteiger partial charge in [0.05, 0.1) is 4.88 Å². The van der Waals surface area contributed by atoms with Crippen LogP contribution in [-0.4, -0.2) is 10.1 Å². The first-order chi connectivity index (χ1) is 8.66. The zero-order valence-corrected chi connectivity index (χ0v) is 10.6. The van der Waals surface area contributed by atoms with Crippen molar-refractivity contribution in [2.24, 2.45) is 0 Å². The second-order valence-corrected chi connectivity index (χ2v) is 5.17. The number of nitrogens with two attached hydrogens (primary N) is 1. The Morgan fingerprint density at radius 1 is 1.39 bits per heavy atom. The molecule has 1 unspecified atom stereocenters. The fourth-order valence-corrected chi connectivity index (χ4v) is 2.78. The van der Waals surface area contributed by atoms with Crippen LogP contribution in [0.4, 0.5) is 5.13 Å². The molecule has 1 atom stereocenters. The van der Waals surface area contributed by atoms with Crippen LogP contribution >= 0.6 is 11.3 Å². The van der Waals surface area contributed by atoms with Gasteiger partial charge in [0.25, 0.3) is 0 Å². The van der Waals surface area contributed by atoms with E-state index in [2.05, 4.69) is 4.98 Å². The quantitative estimate of drug-likeness (QED) is 0.743. The van der Waals surface area contributed by atoms with E-state index in [0.717, 1.165) is 27.2 Å². The first-order valence-electron chi connectivity index (χ1n) is 5.54. The van der Waals surface area contributed by atoms with Crippen LogP contribution < -0.4 is 5.73 Å². The molecule has 2 heterocycles. The first kappa shape index (κ1) is 11.3. The molecular formula is C13H12N2O2S. The maximum atomic E-state index is 10.4. The fraction of sp³-hybridized carbons (Fsp3) is 0.154. The van der Waals surface area contributed by atoms with E-state index in [4.69, 9.17) is 10.2 Å². The standard InChI is InChI=1S/C13H12N2O2S/c1-7-11(8-4-2-3-5-9(8)17-7)12(16)10-6-15-13(14)18-10/h2-6,12,16H,1H3,(H2,14,15). The van der Waals surface area contributed by atoms with Crippen LogP contribution in [0.3, 0.4) is 0 Å². The van der Waals surface area contributed by atoms with E-state index < -0.39 is 6.10 Å². The van der Waals surface area contributed by atoms with E-state index in [1.165, 1.54) is 11.3 Å². The van der Waals surface area contributed by atoms with Gasteiger partial charge in [0.2, 0.25) is 0 Å². The zero-order chi connectivity index (χ0) is 12.7. The lowest BCUT2D eigenvalue weighted by Gasteiger charge is -2.07. The average molecular weight is 260 g/mol. The van der Waals surface area contributed by atoms with Gasteiger partial charge in [-0.15, -0.1) is 0 Å². The Kier molecular flexibility index (Phi) is 2.57. The van der Waals surface area contributed by atoms with Crippen LogP contribution in [0.25, 0.3) is 11.0 Å². The number of nitrogens with zero attached hydrogens (tertiary/aromatic N) is 1. The molecule has 0 aliphatic heterocycles. The van der Waals surface area contributed by atoms with Gasteiger partial charge in [0.15, 0.2) is 5.13 Å². The molecule has 0 spiro atoms. The molecule has 1 aromatic carbocycles. The number of para-hydroxylation sites is 1. The smallest absolute Gasteiger partial charge is 0.180 e. The zero-order valence-electron chi connectivity index (χ0n) is 9.75. The van der Waals surface area contributed by atoms with Gasteiger partial charge in [0.1, 0.15) is 17.4 Å². The number of aryl methyl sites for hydroxylation is 1. The van der Waals surface area contributed by atoms with Crippen LogP contribution in [0, 0.1) is 6.92 Å². The molecule has 0 aliphatic carbocycles. The van der Waals surface area contributed by atoms with Gasteiger partial charge in [-0.3, -0.25) is 0 Å². The number of nitrogen functional groups attached to an aromatic ring is 1. The maximum Gasteiger partial charge on any atom is 0.180 e. The molecule has 0 fully saturated rings. The normalized spacial score (nSPS) is 13.0. The van der Waals surface area contributed by atoms with Crippen LogP contribution in [0.2, 0.25) is 0 Å².